The van der Waals surface area contributed by atoms with Gasteiger partial charge in [-0.05, 0) is 65.1 Å². The van der Waals surface area contributed by atoms with Gasteiger partial charge >= 0.3 is 0 Å². The second-order valence-electron chi connectivity index (χ2n) is 8.16. The van der Waals surface area contributed by atoms with Crippen molar-refractivity contribution in [2.45, 2.75) is 17.2 Å². The molecule has 166 valence electrons. The lowest BCUT2D eigenvalue weighted by atomic mass is 10.1. The monoisotopic (exact) mass is 460 g/mol. The Bertz CT molecular complexity index is 1460. The van der Waals surface area contributed by atoms with Crippen LogP contribution in [0, 0.1) is 11.7 Å². The van der Waals surface area contributed by atoms with E-state index in [1.165, 1.54) is 6.07 Å². The van der Waals surface area contributed by atoms with Crippen LogP contribution in [-0.4, -0.2) is 14.3 Å². The molecule has 4 aromatic carbocycles. The topological polar surface area (TPSA) is 75.3 Å². The summed E-state index contributed by atoms with van der Waals surface area (Å²) in [5.74, 6) is -1.41. The Morgan fingerprint density at radius 1 is 0.818 bits per heavy atom. The van der Waals surface area contributed by atoms with Crippen molar-refractivity contribution in [3.8, 4) is 0 Å². The molecule has 1 amide bonds. The molecule has 5 rings (SSSR count). The van der Waals surface area contributed by atoms with Gasteiger partial charge in [0.15, 0.2) is 0 Å². The van der Waals surface area contributed by atoms with Crippen molar-refractivity contribution < 1.29 is 17.6 Å². The first-order chi connectivity index (χ1) is 15.9. The van der Waals surface area contributed by atoms with E-state index in [0.29, 0.717) is 23.4 Å². The third-order valence-corrected chi connectivity index (χ3v) is 7.24. The molecule has 0 spiro atoms. The molecule has 5 nitrogen and oxygen atoms in total. The second kappa shape index (κ2) is 8.33. The first kappa shape index (κ1) is 21.2. The van der Waals surface area contributed by atoms with Crippen molar-refractivity contribution in [1.82, 2.24) is 0 Å². The van der Waals surface area contributed by atoms with Crippen LogP contribution in [0.2, 0.25) is 0 Å². The molecule has 2 atom stereocenters. The lowest BCUT2D eigenvalue weighted by Crippen LogP contribution is -2.16. The molecule has 0 aliphatic heterocycles. The van der Waals surface area contributed by atoms with Crippen LogP contribution in [0.1, 0.15) is 17.9 Å². The minimum absolute atomic E-state index is 0.133. The highest BCUT2D eigenvalue weighted by molar-refractivity contribution is 7.92. The molecule has 1 fully saturated rings. The molecule has 0 unspecified atom stereocenters. The van der Waals surface area contributed by atoms with Gasteiger partial charge in [-0.1, -0.05) is 54.6 Å². The molecule has 1 aliphatic rings. The number of halogens is 1. The average Bonchev–Trinajstić information content (AvgIpc) is 3.61. The largest absolute Gasteiger partial charge is 0.326 e. The second-order valence-corrected chi connectivity index (χ2v) is 9.81. The number of amides is 1. The predicted molar refractivity (Wildman–Crippen MR) is 127 cm³/mol. The van der Waals surface area contributed by atoms with Crippen LogP contribution < -0.4 is 10.0 Å². The third kappa shape index (κ3) is 4.45. The molecule has 4 aromatic rings. The zero-order chi connectivity index (χ0) is 23.0. The predicted octanol–water partition coefficient (Wildman–Crippen LogP) is 5.52. The number of sulfonamides is 1. The summed E-state index contributed by atoms with van der Waals surface area (Å²) in [5.41, 5.74) is 1.68. The highest BCUT2D eigenvalue weighted by atomic mass is 32.2. The Labute approximate surface area is 191 Å². The first-order valence-corrected chi connectivity index (χ1v) is 12.1. The van der Waals surface area contributed by atoms with Gasteiger partial charge in [0.2, 0.25) is 5.91 Å². The number of carbonyl (C=O) groups is 1. The summed E-state index contributed by atoms with van der Waals surface area (Å²) in [4.78, 5) is 12.3. The van der Waals surface area contributed by atoms with Crippen molar-refractivity contribution in [1.29, 1.82) is 0 Å². The molecule has 2 N–H and O–H groups in total. The van der Waals surface area contributed by atoms with E-state index in [-0.39, 0.29) is 17.7 Å². The Balaban J connectivity index is 1.32. The molecule has 0 aromatic heterocycles. The smallest absolute Gasteiger partial charge is 0.264 e. The molecule has 7 heteroatoms. The molecular formula is C26H21FN2O3S. The summed E-state index contributed by atoms with van der Waals surface area (Å²) < 4.78 is 42.3. The first-order valence-electron chi connectivity index (χ1n) is 10.6. The molecule has 0 heterocycles. The summed E-state index contributed by atoms with van der Waals surface area (Å²) in [6, 6.07) is 25.9. The zero-order valence-electron chi connectivity index (χ0n) is 17.5. The van der Waals surface area contributed by atoms with Crippen LogP contribution >= 0.6 is 0 Å². The van der Waals surface area contributed by atoms with Crippen molar-refractivity contribution in [3.63, 3.8) is 0 Å². The SMILES string of the molecule is O=C(Nc1ccc2ccccc2c1)[C@@H]1C[C@H]1c1ccc(F)c(S(=O)(=O)Nc2ccccc2)c1. The fourth-order valence-electron chi connectivity index (χ4n) is 4.03. The Morgan fingerprint density at radius 3 is 2.33 bits per heavy atom. The molecule has 0 saturated heterocycles. The molecule has 33 heavy (non-hydrogen) atoms. The number of fused-ring (bicyclic) bond motifs is 1. The van der Waals surface area contributed by atoms with Crippen LogP contribution in [0.15, 0.2) is 95.9 Å². The number of rotatable bonds is 6. The van der Waals surface area contributed by atoms with E-state index >= 15 is 0 Å². The molecule has 1 aliphatic carbocycles. The minimum Gasteiger partial charge on any atom is -0.326 e. The summed E-state index contributed by atoms with van der Waals surface area (Å²) in [7, 11) is -4.10. The number of hydrogen-bond acceptors (Lipinski definition) is 3. The van der Waals surface area contributed by atoms with Gasteiger partial charge in [-0.15, -0.1) is 0 Å². The highest BCUT2D eigenvalue weighted by Crippen LogP contribution is 2.48. The number of benzene rings is 4. The fraction of sp³-hybridized carbons (Fsp3) is 0.115. The highest BCUT2D eigenvalue weighted by Gasteiger charge is 2.44. The van der Waals surface area contributed by atoms with Crippen molar-refractivity contribution in [3.05, 3.63) is 102 Å². The number of anilines is 2. The van der Waals surface area contributed by atoms with E-state index in [9.17, 15) is 17.6 Å². The van der Waals surface area contributed by atoms with Gasteiger partial charge in [0.05, 0.1) is 0 Å². The van der Waals surface area contributed by atoms with E-state index in [1.54, 1.807) is 36.4 Å². The maximum Gasteiger partial charge on any atom is 0.264 e. The van der Waals surface area contributed by atoms with Crippen LogP contribution in [0.4, 0.5) is 15.8 Å². The fourth-order valence-corrected chi connectivity index (χ4v) is 5.20. The van der Waals surface area contributed by atoms with Crippen molar-refractivity contribution in [2.24, 2.45) is 5.92 Å². The van der Waals surface area contributed by atoms with Gasteiger partial charge in [-0.25, -0.2) is 12.8 Å². The Hall–Kier alpha value is -3.71. The summed E-state index contributed by atoms with van der Waals surface area (Å²) in [6.07, 6.45) is 0.580. The van der Waals surface area contributed by atoms with Crippen molar-refractivity contribution in [2.75, 3.05) is 10.0 Å². The van der Waals surface area contributed by atoms with E-state index in [0.717, 1.165) is 16.8 Å². The quantitative estimate of drug-likeness (QED) is 0.398. The molecule has 1 saturated carbocycles. The normalized spacial score (nSPS) is 17.5. The summed E-state index contributed by atoms with van der Waals surface area (Å²) in [6.45, 7) is 0. The van der Waals surface area contributed by atoms with Crippen LogP contribution in [0.3, 0.4) is 0 Å². The average molecular weight is 461 g/mol. The van der Waals surface area contributed by atoms with Crippen LogP contribution in [0.25, 0.3) is 10.8 Å². The minimum atomic E-state index is -4.10. The van der Waals surface area contributed by atoms with E-state index in [4.69, 9.17) is 0 Å². The van der Waals surface area contributed by atoms with E-state index in [2.05, 4.69) is 10.0 Å². The van der Waals surface area contributed by atoms with Gasteiger partial charge in [0, 0.05) is 17.3 Å². The standard InChI is InChI=1S/C26H21FN2O3S/c27-24-13-11-19(15-25(24)33(31,32)29-20-8-2-1-3-9-20)22-16-23(22)26(30)28-21-12-10-17-6-4-5-7-18(17)14-21/h1-15,22-23,29H,16H2,(H,28,30)/t22-,23+/m0/s1. The number of nitrogens with one attached hydrogen (secondary N) is 2. The molecular weight excluding hydrogens is 439 g/mol. The number of para-hydroxylation sites is 1. The third-order valence-electron chi connectivity index (χ3n) is 5.84. The lowest BCUT2D eigenvalue weighted by Gasteiger charge is -2.11. The zero-order valence-corrected chi connectivity index (χ0v) is 18.3. The molecule has 0 bridgehead atoms. The van der Waals surface area contributed by atoms with Gasteiger partial charge in [-0.2, -0.15) is 0 Å². The maximum atomic E-state index is 14.4. The van der Waals surface area contributed by atoms with Crippen LogP contribution in [0.5, 0.6) is 0 Å². The summed E-state index contributed by atoms with van der Waals surface area (Å²) >= 11 is 0. The lowest BCUT2D eigenvalue weighted by molar-refractivity contribution is -0.117. The van der Waals surface area contributed by atoms with Gasteiger partial charge in [0.25, 0.3) is 10.0 Å². The van der Waals surface area contributed by atoms with E-state index in [1.807, 2.05) is 42.5 Å². The van der Waals surface area contributed by atoms with Gasteiger partial charge in [0.1, 0.15) is 10.7 Å². The van der Waals surface area contributed by atoms with Crippen LogP contribution in [-0.2, 0) is 14.8 Å². The Morgan fingerprint density at radius 2 is 1.55 bits per heavy atom. The maximum absolute atomic E-state index is 14.4. The molecule has 0 radical (unpaired) electrons. The number of carbonyl (C=O) groups excluding carboxylic acids is 1. The van der Waals surface area contributed by atoms with E-state index < -0.39 is 20.7 Å². The Kier molecular flexibility index (Phi) is 5.34. The van der Waals surface area contributed by atoms with Crippen molar-refractivity contribution >= 4 is 38.1 Å². The van der Waals surface area contributed by atoms with Gasteiger partial charge in [-0.3, -0.25) is 9.52 Å². The number of hydrogen-bond donors (Lipinski definition) is 2. The summed E-state index contributed by atoms with van der Waals surface area (Å²) in [5, 5.41) is 5.06. The van der Waals surface area contributed by atoms with Gasteiger partial charge < -0.3 is 5.32 Å².